The molecule has 0 aromatic heterocycles. The van der Waals surface area contributed by atoms with Crippen LogP contribution in [0.3, 0.4) is 0 Å². The lowest BCUT2D eigenvalue weighted by molar-refractivity contribution is -0.124. The number of nitrogens with one attached hydrogen (secondary N) is 3. The Bertz CT molecular complexity index is 229. The van der Waals surface area contributed by atoms with E-state index in [0.717, 1.165) is 0 Å². The monoisotopic (exact) mass is 229 g/mol. The quantitative estimate of drug-likeness (QED) is 0.569. The molecule has 0 aromatic carbocycles. The van der Waals surface area contributed by atoms with Crippen molar-refractivity contribution < 1.29 is 9.59 Å². The summed E-state index contributed by atoms with van der Waals surface area (Å²) in [7, 11) is 1.81. The molecule has 3 N–H and O–H groups in total. The fourth-order valence-corrected chi connectivity index (χ4v) is 1.27. The number of hydrogen-bond acceptors (Lipinski definition) is 3. The molecule has 0 aliphatic heterocycles. The summed E-state index contributed by atoms with van der Waals surface area (Å²) in [6.07, 6.45) is 0.330. The van der Waals surface area contributed by atoms with Crippen molar-refractivity contribution in [2.45, 2.75) is 33.2 Å². The van der Waals surface area contributed by atoms with Gasteiger partial charge in [-0.1, -0.05) is 6.92 Å². The summed E-state index contributed by atoms with van der Waals surface area (Å²) in [6, 6.07) is 0.145. The Morgan fingerprint density at radius 3 is 2.31 bits per heavy atom. The van der Waals surface area contributed by atoms with Gasteiger partial charge in [0.2, 0.25) is 11.8 Å². The SMILES string of the molecule is CNCC(C)C(=O)NCCC(=O)NC(C)C. The van der Waals surface area contributed by atoms with Crippen molar-refractivity contribution in [2.24, 2.45) is 5.92 Å². The lowest BCUT2D eigenvalue weighted by Gasteiger charge is -2.12. The highest BCUT2D eigenvalue weighted by molar-refractivity contribution is 5.80. The van der Waals surface area contributed by atoms with Gasteiger partial charge in [-0.05, 0) is 20.9 Å². The van der Waals surface area contributed by atoms with Crippen molar-refractivity contribution in [2.75, 3.05) is 20.1 Å². The second-order valence-electron chi connectivity index (χ2n) is 4.22. The fourth-order valence-electron chi connectivity index (χ4n) is 1.27. The van der Waals surface area contributed by atoms with Gasteiger partial charge in [-0.25, -0.2) is 0 Å². The summed E-state index contributed by atoms with van der Waals surface area (Å²) < 4.78 is 0. The molecule has 1 unspecified atom stereocenters. The smallest absolute Gasteiger partial charge is 0.224 e. The Hall–Kier alpha value is -1.10. The van der Waals surface area contributed by atoms with E-state index in [4.69, 9.17) is 0 Å². The van der Waals surface area contributed by atoms with Crippen LogP contribution in [0.2, 0.25) is 0 Å². The van der Waals surface area contributed by atoms with E-state index in [2.05, 4.69) is 16.0 Å². The third kappa shape index (κ3) is 7.23. The van der Waals surface area contributed by atoms with Crippen LogP contribution in [0.4, 0.5) is 0 Å². The number of hydrogen-bond donors (Lipinski definition) is 3. The molecule has 5 nitrogen and oxygen atoms in total. The summed E-state index contributed by atoms with van der Waals surface area (Å²) in [6.45, 7) is 6.70. The highest BCUT2D eigenvalue weighted by atomic mass is 16.2. The molecule has 94 valence electrons. The predicted octanol–water partition coefficient (Wildman–Crippen LogP) is -0.127. The zero-order valence-corrected chi connectivity index (χ0v) is 10.6. The van der Waals surface area contributed by atoms with Crippen molar-refractivity contribution >= 4 is 11.8 Å². The van der Waals surface area contributed by atoms with E-state index in [9.17, 15) is 9.59 Å². The van der Waals surface area contributed by atoms with Gasteiger partial charge >= 0.3 is 0 Å². The molecule has 0 saturated carbocycles. The van der Waals surface area contributed by atoms with Crippen molar-refractivity contribution in [3.8, 4) is 0 Å². The van der Waals surface area contributed by atoms with Crippen LogP contribution in [-0.2, 0) is 9.59 Å². The van der Waals surface area contributed by atoms with Gasteiger partial charge in [0.15, 0.2) is 0 Å². The van der Waals surface area contributed by atoms with E-state index in [-0.39, 0.29) is 23.8 Å². The van der Waals surface area contributed by atoms with Gasteiger partial charge in [-0.2, -0.15) is 0 Å². The highest BCUT2D eigenvalue weighted by Crippen LogP contribution is 1.92. The maximum atomic E-state index is 11.5. The molecular formula is C11H23N3O2. The van der Waals surface area contributed by atoms with E-state index in [0.29, 0.717) is 19.5 Å². The number of amides is 2. The summed E-state index contributed by atoms with van der Waals surface area (Å²) in [5, 5.41) is 8.43. The first-order valence-corrected chi connectivity index (χ1v) is 5.69. The molecule has 2 amide bonds. The first kappa shape index (κ1) is 14.9. The minimum atomic E-state index is -0.0711. The molecule has 0 heterocycles. The first-order valence-electron chi connectivity index (χ1n) is 5.69. The van der Waals surface area contributed by atoms with Gasteiger partial charge < -0.3 is 16.0 Å². The molecular weight excluding hydrogens is 206 g/mol. The maximum Gasteiger partial charge on any atom is 0.224 e. The molecule has 0 fully saturated rings. The molecule has 5 heteroatoms. The van der Waals surface area contributed by atoms with Crippen molar-refractivity contribution in [3.05, 3.63) is 0 Å². The summed E-state index contributed by atoms with van der Waals surface area (Å²) >= 11 is 0. The third-order valence-corrected chi connectivity index (χ3v) is 2.06. The molecule has 0 spiro atoms. The average molecular weight is 229 g/mol. The largest absolute Gasteiger partial charge is 0.355 e. The van der Waals surface area contributed by atoms with Crippen LogP contribution in [0.1, 0.15) is 27.2 Å². The minimum Gasteiger partial charge on any atom is -0.355 e. The molecule has 0 bridgehead atoms. The zero-order chi connectivity index (χ0) is 12.6. The molecule has 0 aromatic rings. The van der Waals surface area contributed by atoms with E-state index in [1.807, 2.05) is 20.8 Å². The van der Waals surface area contributed by atoms with Gasteiger partial charge in [-0.15, -0.1) is 0 Å². The molecule has 0 aliphatic rings. The van der Waals surface area contributed by atoms with E-state index in [1.165, 1.54) is 0 Å². The fraction of sp³-hybridized carbons (Fsp3) is 0.818. The van der Waals surface area contributed by atoms with Gasteiger partial charge in [-0.3, -0.25) is 9.59 Å². The lowest BCUT2D eigenvalue weighted by atomic mass is 10.1. The van der Waals surface area contributed by atoms with Crippen LogP contribution < -0.4 is 16.0 Å². The van der Waals surface area contributed by atoms with E-state index in [1.54, 1.807) is 7.05 Å². The van der Waals surface area contributed by atoms with Gasteiger partial charge in [0, 0.05) is 31.5 Å². The second kappa shape index (κ2) is 8.10. The highest BCUT2D eigenvalue weighted by Gasteiger charge is 2.11. The first-order chi connectivity index (χ1) is 7.47. The topological polar surface area (TPSA) is 70.2 Å². The number of rotatable bonds is 7. The Morgan fingerprint density at radius 2 is 1.81 bits per heavy atom. The average Bonchev–Trinajstić information content (AvgIpc) is 2.16. The van der Waals surface area contributed by atoms with Crippen LogP contribution in [0.5, 0.6) is 0 Å². The minimum absolute atomic E-state index is 0.0216. The number of carbonyl (C=O) groups excluding carboxylic acids is 2. The Balaban J connectivity index is 3.65. The van der Waals surface area contributed by atoms with Crippen molar-refractivity contribution in [1.82, 2.24) is 16.0 Å². The van der Waals surface area contributed by atoms with Crippen LogP contribution >= 0.6 is 0 Å². The summed E-state index contributed by atoms with van der Waals surface area (Å²) in [5.41, 5.74) is 0. The van der Waals surface area contributed by atoms with Crippen molar-refractivity contribution in [1.29, 1.82) is 0 Å². The van der Waals surface area contributed by atoms with E-state index >= 15 is 0 Å². The van der Waals surface area contributed by atoms with Gasteiger partial charge in [0.05, 0.1) is 0 Å². The van der Waals surface area contributed by atoms with Gasteiger partial charge in [0.25, 0.3) is 0 Å². The molecule has 1 atom stereocenters. The summed E-state index contributed by atoms with van der Waals surface area (Å²) in [4.78, 5) is 22.7. The Morgan fingerprint density at radius 1 is 1.19 bits per heavy atom. The van der Waals surface area contributed by atoms with Gasteiger partial charge in [0.1, 0.15) is 0 Å². The van der Waals surface area contributed by atoms with Crippen LogP contribution in [0.15, 0.2) is 0 Å². The van der Waals surface area contributed by atoms with Crippen LogP contribution in [-0.4, -0.2) is 38.0 Å². The molecule has 0 radical (unpaired) electrons. The van der Waals surface area contributed by atoms with Crippen LogP contribution in [0.25, 0.3) is 0 Å². The lowest BCUT2D eigenvalue weighted by Crippen LogP contribution is -2.37. The third-order valence-electron chi connectivity index (χ3n) is 2.06. The Kier molecular flexibility index (Phi) is 7.54. The van der Waals surface area contributed by atoms with Crippen LogP contribution in [0, 0.1) is 5.92 Å². The van der Waals surface area contributed by atoms with Crippen molar-refractivity contribution in [3.63, 3.8) is 0 Å². The summed E-state index contributed by atoms with van der Waals surface area (Å²) in [5.74, 6) is -0.124. The molecule has 16 heavy (non-hydrogen) atoms. The molecule has 0 aliphatic carbocycles. The maximum absolute atomic E-state index is 11.5. The predicted molar refractivity (Wildman–Crippen MR) is 64.0 cm³/mol. The normalized spacial score (nSPS) is 12.3. The second-order valence-corrected chi connectivity index (χ2v) is 4.22. The zero-order valence-electron chi connectivity index (χ0n) is 10.6. The number of carbonyl (C=O) groups is 2. The molecule has 0 saturated heterocycles. The van der Waals surface area contributed by atoms with E-state index < -0.39 is 0 Å². The Labute approximate surface area is 97.4 Å². The molecule has 0 rings (SSSR count). The standard InChI is InChI=1S/C11H23N3O2/c1-8(2)14-10(15)5-6-13-11(16)9(3)7-12-4/h8-9,12H,5-7H2,1-4H3,(H,13,16)(H,14,15).